The summed E-state index contributed by atoms with van der Waals surface area (Å²) >= 11 is 0. The van der Waals surface area contributed by atoms with Crippen LogP contribution in [0.15, 0.2) is 18.3 Å². The molecule has 0 bridgehead atoms. The minimum atomic E-state index is -4.36. The third-order valence-electron chi connectivity index (χ3n) is 3.72. The topological polar surface area (TPSA) is 25.4 Å². The number of rotatable bonds is 3. The van der Waals surface area contributed by atoms with Crippen molar-refractivity contribution < 1.29 is 17.9 Å². The predicted molar refractivity (Wildman–Crippen MR) is 69.5 cm³/mol. The minimum Gasteiger partial charge on any atom is -0.473 e. The predicted octanol–water partition coefficient (Wildman–Crippen LogP) is 3.21. The van der Waals surface area contributed by atoms with Crippen LogP contribution in [-0.4, -0.2) is 35.6 Å². The van der Waals surface area contributed by atoms with E-state index in [0.717, 1.165) is 25.2 Å². The van der Waals surface area contributed by atoms with Crippen molar-refractivity contribution in [1.29, 1.82) is 0 Å². The molecule has 6 heteroatoms. The average molecular weight is 288 g/mol. The zero-order chi connectivity index (χ0) is 14.9. The fourth-order valence-electron chi connectivity index (χ4n) is 2.73. The number of alkyl halides is 3. The van der Waals surface area contributed by atoms with Gasteiger partial charge in [0.2, 0.25) is 5.88 Å². The van der Waals surface area contributed by atoms with E-state index in [4.69, 9.17) is 4.74 Å². The van der Waals surface area contributed by atoms with Gasteiger partial charge in [-0.3, -0.25) is 4.90 Å². The molecule has 3 unspecified atom stereocenters. The molecule has 1 aromatic rings. The molecule has 112 valence electrons. The summed E-state index contributed by atoms with van der Waals surface area (Å²) in [6.45, 7) is 5.12. The highest BCUT2D eigenvalue weighted by Gasteiger charge is 2.33. The second-order valence-electron chi connectivity index (χ2n) is 5.55. The van der Waals surface area contributed by atoms with Crippen molar-refractivity contribution in [2.45, 2.75) is 38.6 Å². The summed E-state index contributed by atoms with van der Waals surface area (Å²) in [5, 5.41) is 0. The molecule has 2 heterocycles. The van der Waals surface area contributed by atoms with Crippen LogP contribution in [-0.2, 0) is 6.18 Å². The van der Waals surface area contributed by atoms with Gasteiger partial charge in [-0.1, -0.05) is 6.92 Å². The molecule has 2 rings (SSSR count). The van der Waals surface area contributed by atoms with Crippen LogP contribution in [0.25, 0.3) is 0 Å². The molecule has 0 saturated carbocycles. The van der Waals surface area contributed by atoms with Gasteiger partial charge in [-0.2, -0.15) is 13.2 Å². The van der Waals surface area contributed by atoms with Crippen LogP contribution in [0.4, 0.5) is 13.2 Å². The first-order valence-electron chi connectivity index (χ1n) is 6.67. The van der Waals surface area contributed by atoms with Crippen LogP contribution < -0.4 is 4.74 Å². The SMILES string of the molecule is CC1CC(C(C)Oc2ccc(C(F)(F)F)cn2)N(C)C1. The van der Waals surface area contributed by atoms with E-state index < -0.39 is 11.7 Å². The average Bonchev–Trinajstić information content (AvgIpc) is 2.68. The van der Waals surface area contributed by atoms with E-state index in [2.05, 4.69) is 16.8 Å². The standard InChI is InChI=1S/C14H19F3N2O/c1-9-6-12(19(3)8-9)10(2)20-13-5-4-11(7-18-13)14(15,16)17/h4-5,7,9-10,12H,6,8H2,1-3H3. The first kappa shape index (κ1) is 15.1. The minimum absolute atomic E-state index is 0.103. The lowest BCUT2D eigenvalue weighted by Crippen LogP contribution is -2.38. The summed E-state index contributed by atoms with van der Waals surface area (Å²) in [6.07, 6.45) is -2.63. The molecule has 1 aliphatic heterocycles. The van der Waals surface area contributed by atoms with Crippen molar-refractivity contribution >= 4 is 0 Å². The van der Waals surface area contributed by atoms with E-state index in [-0.39, 0.29) is 18.0 Å². The number of hydrogen-bond acceptors (Lipinski definition) is 3. The summed E-state index contributed by atoms with van der Waals surface area (Å²) in [5.41, 5.74) is -0.760. The van der Waals surface area contributed by atoms with Crippen molar-refractivity contribution in [2.75, 3.05) is 13.6 Å². The van der Waals surface area contributed by atoms with Gasteiger partial charge in [0.05, 0.1) is 5.56 Å². The second kappa shape index (κ2) is 5.60. The first-order chi connectivity index (χ1) is 9.27. The molecule has 1 saturated heterocycles. The van der Waals surface area contributed by atoms with Crippen LogP contribution in [0.5, 0.6) is 5.88 Å². The van der Waals surface area contributed by atoms with Crippen molar-refractivity contribution in [3.63, 3.8) is 0 Å². The van der Waals surface area contributed by atoms with Gasteiger partial charge in [-0.15, -0.1) is 0 Å². The van der Waals surface area contributed by atoms with E-state index in [1.165, 1.54) is 6.07 Å². The van der Waals surface area contributed by atoms with E-state index in [9.17, 15) is 13.2 Å². The van der Waals surface area contributed by atoms with Gasteiger partial charge >= 0.3 is 6.18 Å². The highest BCUT2D eigenvalue weighted by Crippen LogP contribution is 2.30. The van der Waals surface area contributed by atoms with Crippen LogP contribution in [0.3, 0.4) is 0 Å². The van der Waals surface area contributed by atoms with E-state index in [1.807, 2.05) is 14.0 Å². The Kier molecular flexibility index (Phi) is 4.22. The Labute approximate surface area is 116 Å². The molecule has 0 N–H and O–H groups in total. The number of nitrogens with zero attached hydrogens (tertiary/aromatic N) is 2. The Morgan fingerprint density at radius 1 is 1.40 bits per heavy atom. The molecular formula is C14H19F3N2O. The second-order valence-corrected chi connectivity index (χ2v) is 5.55. The summed E-state index contributed by atoms with van der Waals surface area (Å²) in [6, 6.07) is 2.54. The molecule has 0 aromatic carbocycles. The van der Waals surface area contributed by atoms with Crippen molar-refractivity contribution in [2.24, 2.45) is 5.92 Å². The molecule has 3 atom stereocenters. The summed E-state index contributed by atoms with van der Waals surface area (Å²) in [7, 11) is 2.04. The first-order valence-corrected chi connectivity index (χ1v) is 6.67. The van der Waals surface area contributed by atoms with Gasteiger partial charge in [0.25, 0.3) is 0 Å². The van der Waals surface area contributed by atoms with Gasteiger partial charge in [-0.05, 0) is 32.4 Å². The number of ether oxygens (including phenoxy) is 1. The van der Waals surface area contributed by atoms with E-state index >= 15 is 0 Å². The molecule has 0 amide bonds. The van der Waals surface area contributed by atoms with Crippen LogP contribution in [0.2, 0.25) is 0 Å². The Morgan fingerprint density at radius 2 is 2.10 bits per heavy atom. The maximum atomic E-state index is 12.4. The lowest BCUT2D eigenvalue weighted by molar-refractivity contribution is -0.137. The third kappa shape index (κ3) is 3.42. The largest absolute Gasteiger partial charge is 0.473 e. The van der Waals surface area contributed by atoms with Gasteiger partial charge in [0.15, 0.2) is 0 Å². The van der Waals surface area contributed by atoms with Crippen molar-refractivity contribution in [3.8, 4) is 5.88 Å². The molecule has 1 fully saturated rings. The molecule has 1 aromatic heterocycles. The molecule has 0 spiro atoms. The van der Waals surface area contributed by atoms with Gasteiger partial charge in [-0.25, -0.2) is 4.98 Å². The van der Waals surface area contributed by atoms with Gasteiger partial charge in [0, 0.05) is 24.8 Å². The van der Waals surface area contributed by atoms with Crippen LogP contribution in [0, 0.1) is 5.92 Å². The third-order valence-corrected chi connectivity index (χ3v) is 3.72. The monoisotopic (exact) mass is 288 g/mol. The fourth-order valence-corrected chi connectivity index (χ4v) is 2.73. The number of aromatic nitrogens is 1. The summed E-state index contributed by atoms with van der Waals surface area (Å²) in [5.74, 6) is 0.843. The molecule has 0 aliphatic carbocycles. The normalized spacial score (nSPS) is 25.7. The summed E-state index contributed by atoms with van der Waals surface area (Å²) in [4.78, 5) is 5.96. The van der Waals surface area contributed by atoms with Crippen LogP contribution >= 0.6 is 0 Å². The maximum Gasteiger partial charge on any atom is 0.417 e. The Bertz CT molecular complexity index is 447. The molecule has 1 aliphatic rings. The maximum absolute atomic E-state index is 12.4. The summed E-state index contributed by atoms with van der Waals surface area (Å²) < 4.78 is 43.0. The fraction of sp³-hybridized carbons (Fsp3) is 0.643. The lowest BCUT2D eigenvalue weighted by atomic mass is 10.0. The molecular weight excluding hydrogens is 269 g/mol. The number of hydrogen-bond donors (Lipinski definition) is 0. The van der Waals surface area contributed by atoms with Crippen molar-refractivity contribution in [1.82, 2.24) is 9.88 Å². The molecule has 20 heavy (non-hydrogen) atoms. The van der Waals surface area contributed by atoms with Gasteiger partial charge < -0.3 is 4.74 Å². The quantitative estimate of drug-likeness (QED) is 0.854. The number of halogens is 3. The van der Waals surface area contributed by atoms with Crippen LogP contribution in [0.1, 0.15) is 25.8 Å². The lowest BCUT2D eigenvalue weighted by Gasteiger charge is -2.26. The number of pyridine rings is 1. The Balaban J connectivity index is 2.00. The Hall–Kier alpha value is -1.30. The van der Waals surface area contributed by atoms with Crippen molar-refractivity contribution in [3.05, 3.63) is 23.9 Å². The van der Waals surface area contributed by atoms with E-state index in [0.29, 0.717) is 5.92 Å². The zero-order valence-electron chi connectivity index (χ0n) is 11.8. The zero-order valence-corrected chi connectivity index (χ0v) is 11.8. The molecule has 0 radical (unpaired) electrons. The smallest absolute Gasteiger partial charge is 0.417 e. The Morgan fingerprint density at radius 3 is 2.55 bits per heavy atom. The number of likely N-dealkylation sites (N-methyl/N-ethyl adjacent to an activating group) is 1. The van der Waals surface area contributed by atoms with Gasteiger partial charge in [0.1, 0.15) is 6.10 Å². The van der Waals surface area contributed by atoms with E-state index in [1.54, 1.807) is 0 Å². The highest BCUT2D eigenvalue weighted by molar-refractivity contribution is 5.20. The molecule has 3 nitrogen and oxygen atoms in total. The number of likely N-dealkylation sites (tertiary alicyclic amines) is 1. The highest BCUT2D eigenvalue weighted by atomic mass is 19.4.